The Morgan fingerprint density at radius 2 is 2.14 bits per heavy atom. The van der Waals surface area contributed by atoms with Gasteiger partial charge in [-0.2, -0.15) is 0 Å². The minimum Gasteiger partial charge on any atom is -0.381 e. The van der Waals surface area contributed by atoms with E-state index in [1.54, 1.807) is 0 Å². The van der Waals surface area contributed by atoms with Crippen molar-refractivity contribution >= 4 is 33.2 Å². The molecule has 5 nitrogen and oxygen atoms in total. The van der Waals surface area contributed by atoms with Crippen molar-refractivity contribution in [1.29, 1.82) is 0 Å². The third kappa shape index (κ3) is 4.09. The van der Waals surface area contributed by atoms with Crippen molar-refractivity contribution in [2.24, 2.45) is 11.7 Å². The van der Waals surface area contributed by atoms with E-state index >= 15 is 0 Å². The molecule has 0 bridgehead atoms. The average Bonchev–Trinajstić information content (AvgIpc) is 2.92. The van der Waals surface area contributed by atoms with Gasteiger partial charge in [0.05, 0.1) is 5.02 Å². The molecule has 1 aromatic carbocycles. The van der Waals surface area contributed by atoms with E-state index in [9.17, 15) is 8.42 Å². The molecule has 1 aromatic rings. The van der Waals surface area contributed by atoms with E-state index in [1.165, 1.54) is 12.1 Å². The molecule has 0 aliphatic carbocycles. The maximum Gasteiger partial charge on any atom is 0.242 e. The Morgan fingerprint density at radius 3 is 2.76 bits per heavy atom. The van der Waals surface area contributed by atoms with Crippen molar-refractivity contribution < 1.29 is 13.2 Å². The van der Waals surface area contributed by atoms with Gasteiger partial charge in [0.15, 0.2) is 0 Å². The molecule has 1 fully saturated rings. The summed E-state index contributed by atoms with van der Waals surface area (Å²) in [6.07, 6.45) is 1.72. The molecule has 0 aromatic heterocycles. The normalized spacial score (nSPS) is 19.1. The van der Waals surface area contributed by atoms with Gasteiger partial charge >= 0.3 is 0 Å². The SMILES string of the molecule is NCc1c(Cl)ccc(S(=O)(=O)NCCC2CCOC2)c1Cl. The number of ether oxygens (including phenoxy) is 1. The summed E-state index contributed by atoms with van der Waals surface area (Å²) in [6, 6.07) is 2.89. The largest absolute Gasteiger partial charge is 0.381 e. The van der Waals surface area contributed by atoms with Crippen molar-refractivity contribution in [2.45, 2.75) is 24.3 Å². The van der Waals surface area contributed by atoms with E-state index in [0.717, 1.165) is 19.4 Å². The predicted octanol–water partition coefficient (Wildman–Crippen LogP) is 2.16. The highest BCUT2D eigenvalue weighted by Gasteiger charge is 2.22. The number of rotatable bonds is 6. The van der Waals surface area contributed by atoms with Crippen LogP contribution in [0.4, 0.5) is 0 Å². The maximum absolute atomic E-state index is 12.3. The summed E-state index contributed by atoms with van der Waals surface area (Å²) < 4.78 is 32.4. The van der Waals surface area contributed by atoms with Crippen LogP contribution in [0.25, 0.3) is 0 Å². The van der Waals surface area contributed by atoms with Crippen molar-refractivity contribution in [2.75, 3.05) is 19.8 Å². The smallest absolute Gasteiger partial charge is 0.242 e. The fourth-order valence-corrected chi connectivity index (χ4v) is 4.24. The molecule has 0 amide bonds. The third-order valence-corrected chi connectivity index (χ3v) is 5.91. The first kappa shape index (κ1) is 17.0. The average molecular weight is 353 g/mol. The van der Waals surface area contributed by atoms with Crippen molar-refractivity contribution in [3.05, 3.63) is 27.7 Å². The molecule has 8 heteroatoms. The summed E-state index contributed by atoms with van der Waals surface area (Å²) in [5.41, 5.74) is 5.98. The Balaban J connectivity index is 2.08. The van der Waals surface area contributed by atoms with Crippen LogP contribution in [-0.4, -0.2) is 28.2 Å². The standard InChI is InChI=1S/C13H18Cl2N2O3S/c14-11-1-2-12(13(15)10(11)7-16)21(18,19)17-5-3-9-4-6-20-8-9/h1-2,9,17H,3-8,16H2. The minimum absolute atomic E-state index is 0.0108. The lowest BCUT2D eigenvalue weighted by molar-refractivity contribution is 0.184. The lowest BCUT2D eigenvalue weighted by Crippen LogP contribution is -2.27. The van der Waals surface area contributed by atoms with Crippen LogP contribution in [0.5, 0.6) is 0 Å². The molecule has 2 rings (SSSR count). The summed E-state index contributed by atoms with van der Waals surface area (Å²) in [7, 11) is -3.67. The highest BCUT2D eigenvalue weighted by molar-refractivity contribution is 7.89. The van der Waals surface area contributed by atoms with Crippen LogP contribution in [0.3, 0.4) is 0 Å². The van der Waals surface area contributed by atoms with Crippen LogP contribution in [-0.2, 0) is 21.3 Å². The molecule has 3 N–H and O–H groups in total. The quantitative estimate of drug-likeness (QED) is 0.821. The Kier molecular flexibility index (Phi) is 5.88. The molecule has 1 atom stereocenters. The van der Waals surface area contributed by atoms with Crippen LogP contribution >= 0.6 is 23.2 Å². The second-order valence-corrected chi connectivity index (χ2v) is 7.48. The number of nitrogens with one attached hydrogen (secondary N) is 1. The van der Waals surface area contributed by atoms with E-state index in [0.29, 0.717) is 29.7 Å². The Bertz CT molecular complexity index is 602. The van der Waals surface area contributed by atoms with Gasteiger partial charge in [0.1, 0.15) is 4.90 Å². The predicted molar refractivity (Wildman–Crippen MR) is 83.1 cm³/mol. The zero-order chi connectivity index (χ0) is 15.5. The number of halogens is 2. The number of benzene rings is 1. The van der Waals surface area contributed by atoms with Gasteiger partial charge in [-0.3, -0.25) is 0 Å². The lowest BCUT2D eigenvalue weighted by atomic mass is 10.1. The lowest BCUT2D eigenvalue weighted by Gasteiger charge is -2.13. The van der Waals surface area contributed by atoms with Crippen LogP contribution in [0.15, 0.2) is 17.0 Å². The van der Waals surface area contributed by atoms with Crippen molar-refractivity contribution in [3.63, 3.8) is 0 Å². The molecule has 21 heavy (non-hydrogen) atoms. The van der Waals surface area contributed by atoms with Crippen LogP contribution in [0, 0.1) is 5.92 Å². The molecule has 0 radical (unpaired) electrons. The zero-order valence-corrected chi connectivity index (χ0v) is 13.8. The third-order valence-electron chi connectivity index (χ3n) is 3.51. The molecule has 1 aliphatic heterocycles. The van der Waals surface area contributed by atoms with Gasteiger partial charge in [-0.25, -0.2) is 13.1 Å². The van der Waals surface area contributed by atoms with Crippen molar-refractivity contribution in [3.8, 4) is 0 Å². The van der Waals surface area contributed by atoms with Crippen LogP contribution in [0.2, 0.25) is 10.0 Å². The second-order valence-electron chi connectivity index (χ2n) is 4.96. The number of hydrogen-bond donors (Lipinski definition) is 2. The number of hydrogen-bond acceptors (Lipinski definition) is 4. The molecule has 118 valence electrons. The van der Waals surface area contributed by atoms with Gasteiger partial charge in [0.2, 0.25) is 10.0 Å². The minimum atomic E-state index is -3.67. The van der Waals surface area contributed by atoms with Gasteiger partial charge in [0.25, 0.3) is 0 Å². The molecule has 1 heterocycles. The van der Waals surface area contributed by atoms with Gasteiger partial charge < -0.3 is 10.5 Å². The van der Waals surface area contributed by atoms with Gasteiger partial charge in [-0.15, -0.1) is 0 Å². The highest BCUT2D eigenvalue weighted by atomic mass is 35.5. The van der Waals surface area contributed by atoms with E-state index in [1.807, 2.05) is 0 Å². The van der Waals surface area contributed by atoms with E-state index in [-0.39, 0.29) is 16.5 Å². The van der Waals surface area contributed by atoms with Gasteiger partial charge in [0, 0.05) is 36.9 Å². The first-order valence-corrected chi connectivity index (χ1v) is 8.94. The van der Waals surface area contributed by atoms with Crippen LogP contribution < -0.4 is 10.5 Å². The van der Waals surface area contributed by atoms with Gasteiger partial charge in [-0.1, -0.05) is 23.2 Å². The molecule has 0 saturated carbocycles. The summed E-state index contributed by atoms with van der Waals surface area (Å²) >= 11 is 12.0. The molecule has 1 aliphatic rings. The molecular formula is C13H18Cl2N2O3S. The number of nitrogens with two attached hydrogens (primary N) is 1. The van der Waals surface area contributed by atoms with E-state index < -0.39 is 10.0 Å². The molecule has 1 saturated heterocycles. The highest BCUT2D eigenvalue weighted by Crippen LogP contribution is 2.30. The fourth-order valence-electron chi connectivity index (χ4n) is 2.26. The summed E-state index contributed by atoms with van der Waals surface area (Å²) in [6.45, 7) is 1.88. The van der Waals surface area contributed by atoms with Crippen molar-refractivity contribution in [1.82, 2.24) is 4.72 Å². The number of sulfonamides is 1. The monoisotopic (exact) mass is 352 g/mol. The Labute approximate surface area is 134 Å². The molecule has 1 unspecified atom stereocenters. The first-order valence-electron chi connectivity index (χ1n) is 6.70. The Morgan fingerprint density at radius 1 is 1.38 bits per heavy atom. The van der Waals surface area contributed by atoms with Crippen LogP contribution in [0.1, 0.15) is 18.4 Å². The fraction of sp³-hybridized carbons (Fsp3) is 0.538. The second kappa shape index (κ2) is 7.26. The summed E-state index contributed by atoms with van der Waals surface area (Å²) in [5, 5.41) is 0.450. The summed E-state index contributed by atoms with van der Waals surface area (Å²) in [4.78, 5) is 0.0108. The maximum atomic E-state index is 12.3. The molecule has 0 spiro atoms. The van der Waals surface area contributed by atoms with E-state index in [4.69, 9.17) is 33.7 Å². The first-order chi connectivity index (χ1) is 9.95. The molecular weight excluding hydrogens is 335 g/mol. The summed E-state index contributed by atoms with van der Waals surface area (Å²) in [5.74, 6) is 0.410. The van der Waals surface area contributed by atoms with E-state index in [2.05, 4.69) is 4.72 Å². The van der Waals surface area contributed by atoms with Gasteiger partial charge in [-0.05, 0) is 30.9 Å². The topological polar surface area (TPSA) is 81.4 Å². The zero-order valence-electron chi connectivity index (χ0n) is 11.4. The Hall–Kier alpha value is -0.370.